The normalized spacial score (nSPS) is 13.2. The van der Waals surface area contributed by atoms with Crippen LogP contribution >= 0.6 is 0 Å². The Morgan fingerprint density at radius 1 is 1.04 bits per heavy atom. The monoisotopic (exact) mass is 332 g/mol. The third-order valence-corrected chi connectivity index (χ3v) is 4.42. The van der Waals surface area contributed by atoms with Crippen LogP contribution in [-0.2, 0) is 13.0 Å². The molecule has 25 heavy (non-hydrogen) atoms. The topological polar surface area (TPSA) is 50.3 Å². The minimum absolute atomic E-state index is 0.615. The highest BCUT2D eigenvalue weighted by Gasteiger charge is 2.18. The largest absolute Gasteiger partial charge is 0.497 e. The molecule has 1 aromatic heterocycles. The molecule has 0 bridgehead atoms. The van der Waals surface area contributed by atoms with Crippen molar-refractivity contribution in [2.75, 3.05) is 23.9 Å². The summed E-state index contributed by atoms with van der Waals surface area (Å²) >= 11 is 0. The van der Waals surface area contributed by atoms with Crippen LogP contribution in [0.3, 0.4) is 0 Å². The van der Waals surface area contributed by atoms with Gasteiger partial charge in [-0.3, -0.25) is 0 Å². The molecule has 1 aliphatic heterocycles. The number of benzene rings is 2. The summed E-state index contributed by atoms with van der Waals surface area (Å²) < 4.78 is 5.32. The zero-order valence-electron chi connectivity index (χ0n) is 14.1. The lowest BCUT2D eigenvalue weighted by atomic mass is 9.99. The van der Waals surface area contributed by atoms with Crippen LogP contribution in [0.4, 0.5) is 17.5 Å². The Kier molecular flexibility index (Phi) is 4.21. The number of hydrogen-bond donors (Lipinski definition) is 1. The minimum atomic E-state index is 0.615. The highest BCUT2D eigenvalue weighted by atomic mass is 16.5. The molecule has 1 aliphatic rings. The van der Waals surface area contributed by atoms with Gasteiger partial charge in [0, 0.05) is 25.0 Å². The molecule has 5 nitrogen and oxygen atoms in total. The molecule has 0 saturated heterocycles. The predicted octanol–water partition coefficient (Wildman–Crippen LogP) is 3.79. The SMILES string of the molecule is COc1ccc2c(c1)CCN(c1ccnc(Nc3ccccc3)n1)C2. The van der Waals surface area contributed by atoms with Gasteiger partial charge in [0.1, 0.15) is 11.6 Å². The van der Waals surface area contributed by atoms with Crippen molar-refractivity contribution in [2.24, 2.45) is 0 Å². The Balaban J connectivity index is 1.53. The second-order valence-corrected chi connectivity index (χ2v) is 6.04. The van der Waals surface area contributed by atoms with Crippen LogP contribution in [0.1, 0.15) is 11.1 Å². The third kappa shape index (κ3) is 3.40. The average molecular weight is 332 g/mol. The second kappa shape index (κ2) is 6.81. The number of rotatable bonds is 4. The molecule has 126 valence electrons. The van der Waals surface area contributed by atoms with Gasteiger partial charge in [0.05, 0.1) is 7.11 Å². The van der Waals surface area contributed by atoms with Crippen LogP contribution in [0.5, 0.6) is 5.75 Å². The summed E-state index contributed by atoms with van der Waals surface area (Å²) in [7, 11) is 1.71. The first kappa shape index (κ1) is 15.4. The van der Waals surface area contributed by atoms with Gasteiger partial charge in [-0.1, -0.05) is 24.3 Å². The van der Waals surface area contributed by atoms with Gasteiger partial charge >= 0.3 is 0 Å². The molecule has 4 rings (SSSR count). The first-order valence-electron chi connectivity index (χ1n) is 8.38. The summed E-state index contributed by atoms with van der Waals surface area (Å²) in [6, 6.07) is 18.2. The summed E-state index contributed by atoms with van der Waals surface area (Å²) in [5.41, 5.74) is 3.66. The lowest BCUT2D eigenvalue weighted by Crippen LogP contribution is -2.31. The molecule has 0 atom stereocenters. The first-order chi connectivity index (χ1) is 12.3. The van der Waals surface area contributed by atoms with Crippen molar-refractivity contribution in [3.63, 3.8) is 0 Å². The van der Waals surface area contributed by atoms with Crippen LogP contribution < -0.4 is 15.0 Å². The summed E-state index contributed by atoms with van der Waals surface area (Å²) in [6.45, 7) is 1.78. The molecule has 0 saturated carbocycles. The summed E-state index contributed by atoms with van der Waals surface area (Å²) in [4.78, 5) is 11.3. The Bertz CT molecular complexity index is 867. The standard InChI is InChI=1S/C20H20N4O/c1-25-18-8-7-16-14-24(12-10-15(16)13-18)19-9-11-21-20(23-19)22-17-5-3-2-4-6-17/h2-9,11,13H,10,12,14H2,1H3,(H,21,22,23). The van der Waals surface area contributed by atoms with E-state index in [1.165, 1.54) is 11.1 Å². The second-order valence-electron chi connectivity index (χ2n) is 6.04. The van der Waals surface area contributed by atoms with E-state index >= 15 is 0 Å². The molecule has 0 amide bonds. The number of methoxy groups -OCH3 is 1. The van der Waals surface area contributed by atoms with Crippen molar-refractivity contribution in [1.29, 1.82) is 0 Å². The molecular weight excluding hydrogens is 312 g/mol. The molecule has 5 heteroatoms. The fraction of sp³-hybridized carbons (Fsp3) is 0.200. The van der Waals surface area contributed by atoms with Crippen LogP contribution in [0.25, 0.3) is 0 Å². The Morgan fingerprint density at radius 3 is 2.76 bits per heavy atom. The number of anilines is 3. The van der Waals surface area contributed by atoms with Crippen LogP contribution in [0.15, 0.2) is 60.8 Å². The van der Waals surface area contributed by atoms with Crippen molar-refractivity contribution in [2.45, 2.75) is 13.0 Å². The van der Waals surface area contributed by atoms with Crippen molar-refractivity contribution in [3.8, 4) is 5.75 Å². The molecule has 0 radical (unpaired) electrons. The number of ether oxygens (including phenoxy) is 1. The number of nitrogens with one attached hydrogen (secondary N) is 1. The van der Waals surface area contributed by atoms with E-state index in [9.17, 15) is 0 Å². The van der Waals surface area contributed by atoms with E-state index in [0.29, 0.717) is 5.95 Å². The summed E-state index contributed by atoms with van der Waals surface area (Å²) in [5.74, 6) is 2.47. The molecule has 0 spiro atoms. The highest BCUT2D eigenvalue weighted by molar-refractivity contribution is 5.55. The lowest BCUT2D eigenvalue weighted by molar-refractivity contribution is 0.413. The van der Waals surface area contributed by atoms with Gasteiger partial charge in [0.2, 0.25) is 5.95 Å². The van der Waals surface area contributed by atoms with Crippen molar-refractivity contribution < 1.29 is 4.74 Å². The van der Waals surface area contributed by atoms with Gasteiger partial charge in [-0.2, -0.15) is 4.98 Å². The predicted molar refractivity (Wildman–Crippen MR) is 99.5 cm³/mol. The fourth-order valence-electron chi connectivity index (χ4n) is 3.09. The smallest absolute Gasteiger partial charge is 0.229 e. The average Bonchev–Trinajstić information content (AvgIpc) is 2.68. The molecule has 2 aromatic carbocycles. The zero-order chi connectivity index (χ0) is 17.1. The van der Waals surface area contributed by atoms with Gasteiger partial charge in [-0.05, 0) is 47.9 Å². The molecule has 0 aliphatic carbocycles. The number of aromatic nitrogens is 2. The van der Waals surface area contributed by atoms with Gasteiger partial charge in [-0.25, -0.2) is 4.98 Å². The lowest BCUT2D eigenvalue weighted by Gasteiger charge is -2.30. The molecule has 3 aromatic rings. The van der Waals surface area contributed by atoms with E-state index in [1.807, 2.05) is 42.5 Å². The molecular formula is C20H20N4O. The fourth-order valence-corrected chi connectivity index (χ4v) is 3.09. The van der Waals surface area contributed by atoms with Crippen molar-refractivity contribution in [3.05, 3.63) is 71.9 Å². The first-order valence-corrected chi connectivity index (χ1v) is 8.38. The minimum Gasteiger partial charge on any atom is -0.497 e. The summed E-state index contributed by atoms with van der Waals surface area (Å²) in [6.07, 6.45) is 2.79. The quantitative estimate of drug-likeness (QED) is 0.788. The number of hydrogen-bond acceptors (Lipinski definition) is 5. The number of fused-ring (bicyclic) bond motifs is 1. The van der Waals surface area contributed by atoms with Crippen LogP contribution in [-0.4, -0.2) is 23.6 Å². The maximum absolute atomic E-state index is 5.32. The van der Waals surface area contributed by atoms with Crippen LogP contribution in [0, 0.1) is 0 Å². The maximum atomic E-state index is 5.32. The van der Waals surface area contributed by atoms with E-state index in [4.69, 9.17) is 4.74 Å². The van der Waals surface area contributed by atoms with Gasteiger partial charge in [0.15, 0.2) is 0 Å². The van der Waals surface area contributed by atoms with E-state index in [-0.39, 0.29) is 0 Å². The molecule has 2 heterocycles. The summed E-state index contributed by atoms with van der Waals surface area (Å²) in [5, 5.41) is 3.25. The molecule has 1 N–H and O–H groups in total. The number of para-hydroxylation sites is 1. The van der Waals surface area contributed by atoms with Crippen molar-refractivity contribution >= 4 is 17.5 Å². The van der Waals surface area contributed by atoms with Crippen molar-refractivity contribution in [1.82, 2.24) is 9.97 Å². The molecule has 0 unspecified atom stereocenters. The van der Waals surface area contributed by atoms with E-state index in [2.05, 4.69) is 32.3 Å². The van der Waals surface area contributed by atoms with E-state index < -0.39 is 0 Å². The van der Waals surface area contributed by atoms with E-state index in [0.717, 1.165) is 36.8 Å². The Morgan fingerprint density at radius 2 is 1.92 bits per heavy atom. The van der Waals surface area contributed by atoms with Gasteiger partial charge in [0.25, 0.3) is 0 Å². The molecule has 0 fully saturated rings. The Hall–Kier alpha value is -3.08. The maximum Gasteiger partial charge on any atom is 0.229 e. The van der Waals surface area contributed by atoms with Crippen LogP contribution in [0.2, 0.25) is 0 Å². The van der Waals surface area contributed by atoms with Gasteiger partial charge < -0.3 is 15.0 Å². The zero-order valence-corrected chi connectivity index (χ0v) is 14.1. The highest BCUT2D eigenvalue weighted by Crippen LogP contribution is 2.26. The number of nitrogens with zero attached hydrogens (tertiary/aromatic N) is 3. The Labute approximate surface area is 147 Å². The van der Waals surface area contributed by atoms with E-state index in [1.54, 1.807) is 13.3 Å². The van der Waals surface area contributed by atoms with Gasteiger partial charge in [-0.15, -0.1) is 0 Å². The third-order valence-electron chi connectivity index (χ3n) is 4.42.